The minimum atomic E-state index is -0.989. The number of aliphatic hydroxyl groups is 1. The van der Waals surface area contributed by atoms with Crippen LogP contribution in [0.3, 0.4) is 0 Å². The SMILES string of the molecule is CN(C)[C@@H]1CN(C(=O)c2ccc(Cn3cnnn3)cc2)CC[C@]1(O)c1ccccc1. The number of piperidine rings is 1. The van der Waals surface area contributed by atoms with Gasteiger partial charge < -0.3 is 14.9 Å². The van der Waals surface area contributed by atoms with Gasteiger partial charge in [0.2, 0.25) is 0 Å². The molecule has 156 valence electrons. The Balaban J connectivity index is 1.49. The predicted octanol–water partition coefficient (Wildman–Crippen LogP) is 1.39. The summed E-state index contributed by atoms with van der Waals surface area (Å²) in [5.41, 5.74) is 1.56. The van der Waals surface area contributed by atoms with E-state index in [1.54, 1.807) is 11.0 Å². The number of aromatic nitrogens is 4. The van der Waals surface area contributed by atoms with Crippen LogP contribution in [0.25, 0.3) is 0 Å². The Morgan fingerprint density at radius 2 is 1.90 bits per heavy atom. The van der Waals surface area contributed by atoms with Gasteiger partial charge in [0.15, 0.2) is 0 Å². The molecule has 0 spiro atoms. The molecule has 0 bridgehead atoms. The molecule has 0 radical (unpaired) electrons. The van der Waals surface area contributed by atoms with E-state index in [0.29, 0.717) is 31.6 Å². The van der Waals surface area contributed by atoms with Crippen molar-refractivity contribution in [3.8, 4) is 0 Å². The molecule has 1 aliphatic heterocycles. The number of carbonyl (C=O) groups excluding carboxylic acids is 1. The highest BCUT2D eigenvalue weighted by Gasteiger charge is 2.45. The maximum atomic E-state index is 13.1. The highest BCUT2D eigenvalue weighted by atomic mass is 16.3. The van der Waals surface area contributed by atoms with Crippen molar-refractivity contribution in [2.75, 3.05) is 27.2 Å². The standard InChI is InChI=1S/C22H26N6O2/c1-26(2)20-15-27(13-12-22(20,30)19-6-4-3-5-7-19)21(29)18-10-8-17(9-11-18)14-28-16-23-24-25-28/h3-11,16,20,30H,12-15H2,1-2H3/t20-,22+/m1/s1. The van der Waals surface area contributed by atoms with E-state index < -0.39 is 5.60 Å². The lowest BCUT2D eigenvalue weighted by molar-refractivity contribution is -0.0810. The molecule has 8 nitrogen and oxygen atoms in total. The van der Waals surface area contributed by atoms with Gasteiger partial charge in [-0.05, 0) is 54.2 Å². The third-order valence-electron chi connectivity index (χ3n) is 5.83. The van der Waals surface area contributed by atoms with E-state index in [0.717, 1.165) is 11.1 Å². The van der Waals surface area contributed by atoms with E-state index in [-0.39, 0.29) is 11.9 Å². The molecule has 1 aliphatic rings. The van der Waals surface area contributed by atoms with E-state index in [4.69, 9.17) is 0 Å². The van der Waals surface area contributed by atoms with Crippen molar-refractivity contribution in [3.63, 3.8) is 0 Å². The van der Waals surface area contributed by atoms with Crippen LogP contribution >= 0.6 is 0 Å². The normalized spacial score (nSPS) is 21.7. The lowest BCUT2D eigenvalue weighted by Gasteiger charge is -2.47. The zero-order valence-corrected chi connectivity index (χ0v) is 17.2. The number of likely N-dealkylation sites (N-methyl/N-ethyl adjacent to an activating group) is 1. The van der Waals surface area contributed by atoms with Gasteiger partial charge in [0, 0.05) is 18.7 Å². The van der Waals surface area contributed by atoms with E-state index >= 15 is 0 Å². The van der Waals surface area contributed by atoms with Crippen LogP contribution in [0.2, 0.25) is 0 Å². The first kappa shape index (κ1) is 20.2. The molecule has 0 unspecified atom stereocenters. The summed E-state index contributed by atoms with van der Waals surface area (Å²) in [6.07, 6.45) is 2.05. The van der Waals surface area contributed by atoms with Crippen molar-refractivity contribution >= 4 is 5.91 Å². The maximum Gasteiger partial charge on any atom is 0.253 e. The van der Waals surface area contributed by atoms with Gasteiger partial charge in [-0.25, -0.2) is 4.68 Å². The van der Waals surface area contributed by atoms with E-state index in [9.17, 15) is 9.90 Å². The summed E-state index contributed by atoms with van der Waals surface area (Å²) in [5.74, 6) is -0.0223. The highest BCUT2D eigenvalue weighted by Crippen LogP contribution is 2.35. The summed E-state index contributed by atoms with van der Waals surface area (Å²) in [5, 5.41) is 22.6. The van der Waals surface area contributed by atoms with Gasteiger partial charge in [0.1, 0.15) is 11.9 Å². The molecule has 0 saturated carbocycles. The van der Waals surface area contributed by atoms with Gasteiger partial charge in [-0.1, -0.05) is 42.5 Å². The van der Waals surface area contributed by atoms with Gasteiger partial charge in [0.25, 0.3) is 5.91 Å². The van der Waals surface area contributed by atoms with Gasteiger partial charge in [-0.3, -0.25) is 4.79 Å². The monoisotopic (exact) mass is 406 g/mol. The Labute approximate surface area is 175 Å². The highest BCUT2D eigenvalue weighted by molar-refractivity contribution is 5.94. The number of carbonyl (C=O) groups is 1. The molecule has 2 heterocycles. The number of rotatable bonds is 5. The molecular formula is C22H26N6O2. The van der Waals surface area contributed by atoms with Crippen LogP contribution in [0.4, 0.5) is 0 Å². The largest absolute Gasteiger partial charge is 0.383 e. The smallest absolute Gasteiger partial charge is 0.253 e. The molecule has 8 heteroatoms. The minimum Gasteiger partial charge on any atom is -0.383 e. The fraction of sp³-hybridized carbons (Fsp3) is 0.364. The zero-order valence-electron chi connectivity index (χ0n) is 17.2. The van der Waals surface area contributed by atoms with Gasteiger partial charge in [-0.15, -0.1) is 5.10 Å². The summed E-state index contributed by atoms with van der Waals surface area (Å²) >= 11 is 0. The molecule has 1 N–H and O–H groups in total. The molecule has 0 aliphatic carbocycles. The second kappa shape index (κ2) is 8.33. The van der Waals surface area contributed by atoms with Crippen LogP contribution in [0.15, 0.2) is 60.9 Å². The van der Waals surface area contributed by atoms with Crippen molar-refractivity contribution in [2.24, 2.45) is 0 Å². The van der Waals surface area contributed by atoms with Crippen LogP contribution in [-0.2, 0) is 12.1 Å². The van der Waals surface area contributed by atoms with Crippen LogP contribution in [0, 0.1) is 0 Å². The van der Waals surface area contributed by atoms with Crippen molar-refractivity contribution in [3.05, 3.63) is 77.6 Å². The van der Waals surface area contributed by atoms with Crippen molar-refractivity contribution < 1.29 is 9.90 Å². The van der Waals surface area contributed by atoms with E-state index in [2.05, 4.69) is 15.5 Å². The molecule has 2 aromatic carbocycles. The third kappa shape index (κ3) is 3.96. The number of hydrogen-bond donors (Lipinski definition) is 1. The van der Waals surface area contributed by atoms with Gasteiger partial charge in [-0.2, -0.15) is 0 Å². The first-order chi connectivity index (χ1) is 14.5. The molecular weight excluding hydrogens is 380 g/mol. The fourth-order valence-corrected chi connectivity index (χ4v) is 4.14. The van der Waals surface area contributed by atoms with Gasteiger partial charge in [0.05, 0.1) is 12.6 Å². The predicted molar refractivity (Wildman–Crippen MR) is 112 cm³/mol. The van der Waals surface area contributed by atoms with Crippen LogP contribution in [0.5, 0.6) is 0 Å². The van der Waals surface area contributed by atoms with Gasteiger partial charge >= 0.3 is 0 Å². The Kier molecular flexibility index (Phi) is 5.61. The first-order valence-corrected chi connectivity index (χ1v) is 10.0. The molecule has 4 rings (SSSR count). The van der Waals surface area contributed by atoms with Crippen LogP contribution < -0.4 is 0 Å². The average molecular weight is 406 g/mol. The topological polar surface area (TPSA) is 87.4 Å². The number of amides is 1. The molecule has 3 aromatic rings. The summed E-state index contributed by atoms with van der Waals surface area (Å²) < 4.78 is 1.63. The quantitative estimate of drug-likeness (QED) is 0.689. The van der Waals surface area contributed by atoms with Crippen molar-refractivity contribution in [1.82, 2.24) is 30.0 Å². The zero-order chi connectivity index (χ0) is 21.1. The number of likely N-dealkylation sites (tertiary alicyclic amines) is 1. The Morgan fingerprint density at radius 3 is 2.53 bits per heavy atom. The molecule has 1 amide bonds. The lowest BCUT2D eigenvalue weighted by atomic mass is 9.79. The molecule has 1 fully saturated rings. The summed E-state index contributed by atoms with van der Waals surface area (Å²) in [7, 11) is 3.89. The Morgan fingerprint density at radius 1 is 1.17 bits per heavy atom. The summed E-state index contributed by atoms with van der Waals surface area (Å²) in [6, 6.07) is 17.0. The molecule has 30 heavy (non-hydrogen) atoms. The molecule has 1 aromatic heterocycles. The van der Waals surface area contributed by atoms with Crippen LogP contribution in [-0.4, -0.2) is 74.2 Å². The average Bonchev–Trinajstić information content (AvgIpc) is 3.27. The van der Waals surface area contributed by atoms with Crippen LogP contribution in [0.1, 0.15) is 27.9 Å². The third-order valence-corrected chi connectivity index (χ3v) is 5.83. The Bertz CT molecular complexity index is 975. The van der Waals surface area contributed by atoms with Crippen molar-refractivity contribution in [2.45, 2.75) is 24.6 Å². The molecule has 2 atom stereocenters. The first-order valence-electron chi connectivity index (χ1n) is 10.0. The second-order valence-corrected chi connectivity index (χ2v) is 7.98. The second-order valence-electron chi connectivity index (χ2n) is 7.98. The summed E-state index contributed by atoms with van der Waals surface area (Å²) in [4.78, 5) is 17.0. The lowest BCUT2D eigenvalue weighted by Crippen LogP contribution is -2.60. The van der Waals surface area contributed by atoms with E-state index in [1.165, 1.54) is 0 Å². The molecule has 1 saturated heterocycles. The minimum absolute atomic E-state index is 0.0223. The number of benzene rings is 2. The van der Waals surface area contributed by atoms with Crippen molar-refractivity contribution in [1.29, 1.82) is 0 Å². The van der Waals surface area contributed by atoms with E-state index in [1.807, 2.05) is 78.5 Å². The number of nitrogens with zero attached hydrogens (tertiary/aromatic N) is 6. The number of hydrogen-bond acceptors (Lipinski definition) is 6. The number of tetrazole rings is 1. The Hall–Kier alpha value is -3.10. The fourth-order valence-electron chi connectivity index (χ4n) is 4.14. The summed E-state index contributed by atoms with van der Waals surface area (Å²) in [6.45, 7) is 1.52. The maximum absolute atomic E-state index is 13.1.